The van der Waals surface area contributed by atoms with E-state index in [9.17, 15) is 9.18 Å². The minimum Gasteiger partial charge on any atom is -0.481 e. The van der Waals surface area contributed by atoms with Gasteiger partial charge in [0.15, 0.2) is 0 Å². The van der Waals surface area contributed by atoms with Gasteiger partial charge in [-0.05, 0) is 29.3 Å². The number of nitrogens with zero attached hydrogens (tertiary/aromatic N) is 3. The highest BCUT2D eigenvalue weighted by Gasteiger charge is 2.12. The minimum absolute atomic E-state index is 0.0101. The summed E-state index contributed by atoms with van der Waals surface area (Å²) in [6.07, 6.45) is 3.87. The number of ether oxygens (including phenoxy) is 2. The number of hydrogen-bond donors (Lipinski definition) is 1. The molecule has 0 fully saturated rings. The van der Waals surface area contributed by atoms with Crippen molar-refractivity contribution in [1.29, 1.82) is 0 Å². The van der Waals surface area contributed by atoms with Crippen LogP contribution in [0, 0.1) is 5.82 Å². The van der Waals surface area contributed by atoms with Crippen LogP contribution in [0.4, 0.5) is 9.18 Å². The molecule has 0 bridgehead atoms. The fourth-order valence-corrected chi connectivity index (χ4v) is 2.60. The smallest absolute Gasteiger partial charge is 0.411 e. The van der Waals surface area contributed by atoms with Crippen LogP contribution in [0.25, 0.3) is 11.1 Å². The summed E-state index contributed by atoms with van der Waals surface area (Å²) in [6, 6.07) is 6.24. The number of methoxy groups -OCH3 is 1. The number of nitrogens with two attached hydrogens (primary N) is 1. The van der Waals surface area contributed by atoms with E-state index < -0.39 is 11.9 Å². The number of halogens is 2. The molecule has 0 saturated carbocycles. The SMILES string of the molecule is COc1ncc(Cc2cnc(OC(N)=O)cn2)cc1-c1ccc(F)c(Cl)c1. The topological polar surface area (TPSA) is 100 Å². The molecule has 0 saturated heterocycles. The van der Waals surface area contributed by atoms with E-state index >= 15 is 0 Å². The van der Waals surface area contributed by atoms with Gasteiger partial charge in [0.1, 0.15) is 5.82 Å². The van der Waals surface area contributed by atoms with Gasteiger partial charge >= 0.3 is 6.09 Å². The molecule has 27 heavy (non-hydrogen) atoms. The van der Waals surface area contributed by atoms with Crippen LogP contribution in [0.15, 0.2) is 42.9 Å². The van der Waals surface area contributed by atoms with Gasteiger partial charge < -0.3 is 15.2 Å². The number of carbonyl (C=O) groups is 1. The third-order valence-corrected chi connectivity index (χ3v) is 3.89. The minimum atomic E-state index is -0.959. The van der Waals surface area contributed by atoms with Gasteiger partial charge in [-0.3, -0.25) is 4.98 Å². The molecular formula is C18H14ClFN4O3. The molecule has 1 amide bonds. The summed E-state index contributed by atoms with van der Waals surface area (Å²) in [5, 5.41) is 0.0101. The highest BCUT2D eigenvalue weighted by Crippen LogP contribution is 2.31. The zero-order valence-electron chi connectivity index (χ0n) is 14.1. The standard InChI is InChI=1S/C18H14ClFN4O3/c1-26-17-13(11-2-3-15(20)14(19)6-11)5-10(7-24-17)4-12-8-23-16(9-22-12)27-18(21)25/h2-3,5-9H,4H2,1H3,(H2,21,25). The Bertz CT molecular complexity index is 983. The molecule has 2 aromatic heterocycles. The van der Waals surface area contributed by atoms with Gasteiger partial charge in [0.2, 0.25) is 11.8 Å². The zero-order valence-corrected chi connectivity index (χ0v) is 14.9. The van der Waals surface area contributed by atoms with Crippen LogP contribution in [0.3, 0.4) is 0 Å². The van der Waals surface area contributed by atoms with Crippen LogP contribution in [-0.4, -0.2) is 28.2 Å². The Morgan fingerprint density at radius 1 is 1.19 bits per heavy atom. The van der Waals surface area contributed by atoms with Crippen molar-refractivity contribution in [2.75, 3.05) is 7.11 Å². The predicted molar refractivity (Wildman–Crippen MR) is 96.2 cm³/mol. The van der Waals surface area contributed by atoms with Crippen molar-refractivity contribution >= 4 is 17.7 Å². The fourth-order valence-electron chi connectivity index (χ4n) is 2.42. The number of amides is 1. The second kappa shape index (κ2) is 7.96. The molecule has 138 valence electrons. The Labute approximate surface area is 158 Å². The summed E-state index contributed by atoms with van der Waals surface area (Å²) < 4.78 is 23.4. The first-order chi connectivity index (χ1) is 13.0. The highest BCUT2D eigenvalue weighted by atomic mass is 35.5. The normalized spacial score (nSPS) is 10.5. The van der Waals surface area contributed by atoms with Gasteiger partial charge in [0.25, 0.3) is 0 Å². The van der Waals surface area contributed by atoms with Crippen LogP contribution in [-0.2, 0) is 6.42 Å². The van der Waals surface area contributed by atoms with E-state index in [4.69, 9.17) is 22.1 Å². The first-order valence-corrected chi connectivity index (χ1v) is 8.10. The van der Waals surface area contributed by atoms with Crippen molar-refractivity contribution in [2.24, 2.45) is 5.73 Å². The molecule has 0 unspecified atom stereocenters. The molecule has 0 atom stereocenters. The van der Waals surface area contributed by atoms with Crippen LogP contribution in [0.1, 0.15) is 11.3 Å². The van der Waals surface area contributed by atoms with Crippen molar-refractivity contribution < 1.29 is 18.7 Å². The van der Waals surface area contributed by atoms with Crippen molar-refractivity contribution in [3.8, 4) is 22.9 Å². The number of hydrogen-bond acceptors (Lipinski definition) is 6. The summed E-state index contributed by atoms with van der Waals surface area (Å²) in [4.78, 5) is 23.1. The van der Waals surface area contributed by atoms with E-state index in [1.807, 2.05) is 6.07 Å². The fraction of sp³-hybridized carbons (Fsp3) is 0.111. The number of carbonyl (C=O) groups excluding carboxylic acids is 1. The summed E-state index contributed by atoms with van der Waals surface area (Å²) in [5.41, 5.74) is 7.71. The summed E-state index contributed by atoms with van der Waals surface area (Å²) in [6.45, 7) is 0. The Hall–Kier alpha value is -3.26. The first kappa shape index (κ1) is 18.5. The molecule has 0 aliphatic heterocycles. The van der Waals surface area contributed by atoms with E-state index in [2.05, 4.69) is 19.7 Å². The van der Waals surface area contributed by atoms with Gasteiger partial charge in [-0.25, -0.2) is 19.2 Å². The number of benzene rings is 1. The van der Waals surface area contributed by atoms with E-state index in [0.717, 1.165) is 5.56 Å². The Kier molecular flexibility index (Phi) is 5.46. The highest BCUT2D eigenvalue weighted by molar-refractivity contribution is 6.31. The maximum atomic E-state index is 13.4. The van der Waals surface area contributed by atoms with Crippen LogP contribution in [0.2, 0.25) is 5.02 Å². The van der Waals surface area contributed by atoms with Crippen molar-refractivity contribution in [3.63, 3.8) is 0 Å². The zero-order chi connectivity index (χ0) is 19.4. The molecule has 7 nitrogen and oxygen atoms in total. The van der Waals surface area contributed by atoms with E-state index in [-0.39, 0.29) is 10.9 Å². The molecule has 3 rings (SSSR count). The lowest BCUT2D eigenvalue weighted by molar-refractivity contribution is 0.209. The summed E-state index contributed by atoms with van der Waals surface area (Å²) in [7, 11) is 1.50. The Morgan fingerprint density at radius 2 is 2.00 bits per heavy atom. The quantitative estimate of drug-likeness (QED) is 0.719. The molecule has 0 aliphatic rings. The summed E-state index contributed by atoms with van der Waals surface area (Å²) >= 11 is 5.88. The molecule has 2 N–H and O–H groups in total. The molecule has 0 aliphatic carbocycles. The van der Waals surface area contributed by atoms with Gasteiger partial charge in [0.05, 0.1) is 30.2 Å². The number of primary amides is 1. The number of rotatable bonds is 5. The second-order valence-corrected chi connectivity index (χ2v) is 5.88. The predicted octanol–water partition coefficient (Wildman–Crippen LogP) is 3.39. The van der Waals surface area contributed by atoms with Crippen LogP contribution >= 0.6 is 11.6 Å². The van der Waals surface area contributed by atoms with Crippen LogP contribution in [0.5, 0.6) is 11.8 Å². The molecule has 2 heterocycles. The maximum absolute atomic E-state index is 13.4. The second-order valence-electron chi connectivity index (χ2n) is 5.47. The van der Waals surface area contributed by atoms with Gasteiger partial charge in [-0.2, -0.15) is 0 Å². The van der Waals surface area contributed by atoms with Gasteiger partial charge in [-0.15, -0.1) is 0 Å². The molecule has 0 radical (unpaired) electrons. The largest absolute Gasteiger partial charge is 0.481 e. The Balaban J connectivity index is 1.88. The summed E-state index contributed by atoms with van der Waals surface area (Å²) in [5.74, 6) is -0.101. The molecular weight excluding hydrogens is 375 g/mol. The van der Waals surface area contributed by atoms with E-state index in [1.54, 1.807) is 12.3 Å². The lowest BCUT2D eigenvalue weighted by Gasteiger charge is -2.10. The van der Waals surface area contributed by atoms with E-state index in [0.29, 0.717) is 29.1 Å². The third-order valence-electron chi connectivity index (χ3n) is 3.60. The maximum Gasteiger partial charge on any atom is 0.411 e. The van der Waals surface area contributed by atoms with Crippen molar-refractivity contribution in [1.82, 2.24) is 15.0 Å². The lowest BCUT2D eigenvalue weighted by Crippen LogP contribution is -2.17. The monoisotopic (exact) mass is 388 g/mol. The number of aromatic nitrogens is 3. The van der Waals surface area contributed by atoms with E-state index in [1.165, 1.54) is 31.6 Å². The van der Waals surface area contributed by atoms with Gasteiger partial charge in [-0.1, -0.05) is 17.7 Å². The molecule has 1 aromatic carbocycles. The number of pyridine rings is 1. The third kappa shape index (κ3) is 4.48. The molecule has 9 heteroatoms. The molecule has 0 spiro atoms. The van der Waals surface area contributed by atoms with Crippen LogP contribution < -0.4 is 15.2 Å². The van der Waals surface area contributed by atoms with Gasteiger partial charge in [0, 0.05) is 18.2 Å². The lowest BCUT2D eigenvalue weighted by atomic mass is 10.0. The molecule has 3 aromatic rings. The van der Waals surface area contributed by atoms with Crippen molar-refractivity contribution in [3.05, 3.63) is 65.0 Å². The van der Waals surface area contributed by atoms with Crippen molar-refractivity contribution in [2.45, 2.75) is 6.42 Å². The first-order valence-electron chi connectivity index (χ1n) is 7.73. The average molecular weight is 389 g/mol. The Morgan fingerprint density at radius 3 is 2.63 bits per heavy atom. The average Bonchev–Trinajstić information content (AvgIpc) is 2.65.